The first kappa shape index (κ1) is 16.6. The molecule has 0 unspecified atom stereocenters. The van der Waals surface area contributed by atoms with E-state index in [1.54, 1.807) is 0 Å². The number of carbonyl (C=O) groups excluding carboxylic acids is 1. The number of nitrogens with one attached hydrogen (secondary N) is 1. The highest BCUT2D eigenvalue weighted by molar-refractivity contribution is 6.05. The van der Waals surface area contributed by atoms with E-state index in [1.165, 1.54) is 30.5 Å². The first-order chi connectivity index (χ1) is 11.5. The van der Waals surface area contributed by atoms with Crippen LogP contribution in [0.3, 0.4) is 0 Å². The monoisotopic (exact) mass is 322 g/mol. The largest absolute Gasteiger partial charge is 0.372 e. The predicted molar refractivity (Wildman–Crippen MR) is 101 cm³/mol. The van der Waals surface area contributed by atoms with Gasteiger partial charge in [0.25, 0.3) is 5.91 Å². The van der Waals surface area contributed by atoms with E-state index in [0.29, 0.717) is 5.56 Å². The van der Waals surface area contributed by atoms with Crippen LogP contribution in [0.1, 0.15) is 46.3 Å². The lowest BCUT2D eigenvalue weighted by atomic mass is 10.0. The van der Waals surface area contributed by atoms with Crippen LogP contribution >= 0.6 is 0 Å². The van der Waals surface area contributed by atoms with Crippen molar-refractivity contribution in [2.45, 2.75) is 40.0 Å². The summed E-state index contributed by atoms with van der Waals surface area (Å²) in [5, 5.41) is 3.07. The Bertz CT molecular complexity index is 705. The van der Waals surface area contributed by atoms with Crippen molar-refractivity contribution in [1.29, 1.82) is 0 Å². The normalized spacial score (nSPS) is 14.5. The summed E-state index contributed by atoms with van der Waals surface area (Å²) in [5.41, 5.74) is 6.26. The number of rotatable bonds is 3. The summed E-state index contributed by atoms with van der Waals surface area (Å²) in [6.45, 7) is 8.38. The molecule has 0 radical (unpaired) electrons. The van der Waals surface area contributed by atoms with Crippen LogP contribution in [0, 0.1) is 20.8 Å². The number of benzene rings is 2. The van der Waals surface area contributed by atoms with Crippen molar-refractivity contribution in [3.05, 3.63) is 58.7 Å². The van der Waals surface area contributed by atoms with E-state index in [1.807, 2.05) is 26.0 Å². The van der Waals surface area contributed by atoms with E-state index >= 15 is 0 Å². The molecule has 0 atom stereocenters. The maximum Gasteiger partial charge on any atom is 0.255 e. The first-order valence-corrected chi connectivity index (χ1v) is 8.79. The zero-order chi connectivity index (χ0) is 17.1. The van der Waals surface area contributed by atoms with E-state index in [-0.39, 0.29) is 5.91 Å². The molecule has 1 aliphatic rings. The van der Waals surface area contributed by atoms with Crippen LogP contribution in [-0.2, 0) is 0 Å². The summed E-state index contributed by atoms with van der Waals surface area (Å²) in [7, 11) is 0. The molecule has 1 saturated heterocycles. The Kier molecular flexibility index (Phi) is 4.89. The van der Waals surface area contributed by atoms with Crippen molar-refractivity contribution >= 4 is 17.3 Å². The Hall–Kier alpha value is -2.29. The maximum absolute atomic E-state index is 12.6. The molecule has 0 aromatic heterocycles. The highest BCUT2D eigenvalue weighted by Crippen LogP contribution is 2.24. The molecule has 0 bridgehead atoms. The van der Waals surface area contributed by atoms with Gasteiger partial charge < -0.3 is 10.2 Å². The van der Waals surface area contributed by atoms with Crippen LogP contribution in [0.25, 0.3) is 0 Å². The van der Waals surface area contributed by atoms with Crippen molar-refractivity contribution in [1.82, 2.24) is 0 Å². The Morgan fingerprint density at radius 1 is 0.917 bits per heavy atom. The van der Waals surface area contributed by atoms with Crippen molar-refractivity contribution in [3.8, 4) is 0 Å². The zero-order valence-corrected chi connectivity index (χ0v) is 14.9. The maximum atomic E-state index is 12.6. The van der Waals surface area contributed by atoms with Gasteiger partial charge in [-0.1, -0.05) is 17.7 Å². The van der Waals surface area contributed by atoms with E-state index in [9.17, 15) is 4.79 Å². The van der Waals surface area contributed by atoms with Gasteiger partial charge >= 0.3 is 0 Å². The molecule has 3 nitrogen and oxygen atoms in total. The summed E-state index contributed by atoms with van der Waals surface area (Å²) >= 11 is 0. The second-order valence-corrected chi connectivity index (χ2v) is 6.82. The molecule has 3 heteroatoms. The molecule has 0 aliphatic carbocycles. The van der Waals surface area contributed by atoms with Crippen LogP contribution in [0.15, 0.2) is 36.4 Å². The van der Waals surface area contributed by atoms with Gasteiger partial charge in [-0.05, 0) is 75.4 Å². The van der Waals surface area contributed by atoms with Crippen molar-refractivity contribution in [2.75, 3.05) is 23.3 Å². The van der Waals surface area contributed by atoms with Crippen molar-refractivity contribution < 1.29 is 4.79 Å². The summed E-state index contributed by atoms with van der Waals surface area (Å²) in [4.78, 5) is 15.0. The standard InChI is InChI=1S/C21H26N2O/c1-15-13-16(2)20(17(3)14-15)22-21(24)18-7-9-19(10-8-18)23-11-5-4-6-12-23/h7-10,13-14H,4-6,11-12H2,1-3H3,(H,22,24). The van der Waals surface area contributed by atoms with Gasteiger partial charge in [0.05, 0.1) is 0 Å². The lowest BCUT2D eigenvalue weighted by Crippen LogP contribution is -2.29. The number of carbonyl (C=O) groups is 1. The molecule has 24 heavy (non-hydrogen) atoms. The third kappa shape index (κ3) is 3.61. The third-order valence-corrected chi connectivity index (χ3v) is 4.77. The number of aryl methyl sites for hydroxylation is 3. The topological polar surface area (TPSA) is 32.3 Å². The van der Waals surface area contributed by atoms with Gasteiger partial charge in [-0.2, -0.15) is 0 Å². The molecule has 2 aromatic carbocycles. The number of amides is 1. The fourth-order valence-corrected chi connectivity index (χ4v) is 3.54. The van der Waals surface area contributed by atoms with Crippen LogP contribution in [-0.4, -0.2) is 19.0 Å². The third-order valence-electron chi connectivity index (χ3n) is 4.77. The summed E-state index contributed by atoms with van der Waals surface area (Å²) in [5.74, 6) is -0.0461. The highest BCUT2D eigenvalue weighted by Gasteiger charge is 2.13. The predicted octanol–water partition coefficient (Wildman–Crippen LogP) is 4.85. The summed E-state index contributed by atoms with van der Waals surface area (Å²) in [6.07, 6.45) is 3.84. The Morgan fingerprint density at radius 3 is 2.08 bits per heavy atom. The Morgan fingerprint density at radius 2 is 1.50 bits per heavy atom. The Balaban J connectivity index is 1.73. The molecule has 3 rings (SSSR count). The Labute approximate surface area is 144 Å². The number of hydrogen-bond acceptors (Lipinski definition) is 2. The number of nitrogens with zero attached hydrogens (tertiary/aromatic N) is 1. The zero-order valence-electron chi connectivity index (χ0n) is 14.9. The van der Waals surface area contributed by atoms with Crippen LogP contribution in [0.2, 0.25) is 0 Å². The van der Waals surface area contributed by atoms with E-state index < -0.39 is 0 Å². The lowest BCUT2D eigenvalue weighted by Gasteiger charge is -2.28. The number of piperidine rings is 1. The van der Waals surface area contributed by atoms with Crippen molar-refractivity contribution in [3.63, 3.8) is 0 Å². The summed E-state index contributed by atoms with van der Waals surface area (Å²) in [6, 6.07) is 12.2. The van der Waals surface area contributed by atoms with Gasteiger partial charge in [-0.15, -0.1) is 0 Å². The second-order valence-electron chi connectivity index (χ2n) is 6.82. The molecule has 0 saturated carbocycles. The summed E-state index contributed by atoms with van der Waals surface area (Å²) < 4.78 is 0. The molecule has 1 heterocycles. The van der Waals surface area contributed by atoms with Crippen LogP contribution < -0.4 is 10.2 Å². The smallest absolute Gasteiger partial charge is 0.255 e. The molecule has 1 amide bonds. The van der Waals surface area contributed by atoms with Gasteiger partial charge in [0, 0.05) is 30.0 Å². The quantitative estimate of drug-likeness (QED) is 0.875. The number of hydrogen-bond donors (Lipinski definition) is 1. The first-order valence-electron chi connectivity index (χ1n) is 8.79. The second kappa shape index (κ2) is 7.08. The fourth-order valence-electron chi connectivity index (χ4n) is 3.54. The number of anilines is 2. The van der Waals surface area contributed by atoms with Gasteiger partial charge in [0.2, 0.25) is 0 Å². The minimum absolute atomic E-state index is 0.0461. The molecule has 126 valence electrons. The molecule has 1 fully saturated rings. The molecule has 2 aromatic rings. The molecule has 0 spiro atoms. The molecule has 1 N–H and O–H groups in total. The molecular formula is C21H26N2O. The van der Waals surface area contributed by atoms with Gasteiger partial charge in [0.1, 0.15) is 0 Å². The van der Waals surface area contributed by atoms with Gasteiger partial charge in [-0.3, -0.25) is 4.79 Å². The van der Waals surface area contributed by atoms with E-state index in [2.05, 4.69) is 41.4 Å². The molecular weight excluding hydrogens is 296 g/mol. The highest BCUT2D eigenvalue weighted by atomic mass is 16.1. The lowest BCUT2D eigenvalue weighted by molar-refractivity contribution is 0.102. The van der Waals surface area contributed by atoms with Gasteiger partial charge in [-0.25, -0.2) is 0 Å². The minimum Gasteiger partial charge on any atom is -0.372 e. The van der Waals surface area contributed by atoms with E-state index in [0.717, 1.165) is 29.9 Å². The average Bonchev–Trinajstić information content (AvgIpc) is 2.59. The van der Waals surface area contributed by atoms with E-state index in [4.69, 9.17) is 0 Å². The SMILES string of the molecule is Cc1cc(C)c(NC(=O)c2ccc(N3CCCCC3)cc2)c(C)c1. The van der Waals surface area contributed by atoms with Gasteiger partial charge in [0.15, 0.2) is 0 Å². The van der Waals surface area contributed by atoms with Crippen LogP contribution in [0.4, 0.5) is 11.4 Å². The fraction of sp³-hybridized carbons (Fsp3) is 0.381. The average molecular weight is 322 g/mol. The van der Waals surface area contributed by atoms with Crippen LogP contribution in [0.5, 0.6) is 0 Å². The minimum atomic E-state index is -0.0461. The van der Waals surface area contributed by atoms with Crippen molar-refractivity contribution in [2.24, 2.45) is 0 Å². The molecule has 1 aliphatic heterocycles.